The largest absolute Gasteiger partial charge is 0.450 e. The molecule has 0 atom stereocenters. The number of hydrogen-bond donors (Lipinski definition) is 1. The maximum absolute atomic E-state index is 12.8. The molecule has 1 saturated heterocycles. The summed E-state index contributed by atoms with van der Waals surface area (Å²) in [6.07, 6.45) is 3.01. The standard InChI is InChI=1S/C21H24N4O4/c1-2-29-21(28)25-11-9-24(10-12-25)20(27)18-7-3-6-17(13-18)19(26)23-15-16-5-4-8-22-14-16/h3-8,13-14H,2,9-12,15H2,1H3,(H,23,26). The van der Waals surface area contributed by atoms with E-state index in [4.69, 9.17) is 4.74 Å². The number of nitrogens with one attached hydrogen (secondary N) is 1. The molecule has 0 radical (unpaired) electrons. The van der Waals surface area contributed by atoms with Gasteiger partial charge in [-0.05, 0) is 36.8 Å². The average Bonchev–Trinajstić information content (AvgIpc) is 2.78. The van der Waals surface area contributed by atoms with Crippen LogP contribution in [0, 0.1) is 0 Å². The van der Waals surface area contributed by atoms with E-state index in [0.29, 0.717) is 50.5 Å². The number of ether oxygens (including phenoxy) is 1. The fourth-order valence-electron chi connectivity index (χ4n) is 3.07. The van der Waals surface area contributed by atoms with Crippen molar-refractivity contribution >= 4 is 17.9 Å². The predicted molar refractivity (Wildman–Crippen MR) is 106 cm³/mol. The average molecular weight is 396 g/mol. The van der Waals surface area contributed by atoms with E-state index >= 15 is 0 Å². The molecule has 2 heterocycles. The Bertz CT molecular complexity index is 864. The molecule has 2 aromatic rings. The van der Waals surface area contributed by atoms with Crippen molar-refractivity contribution in [2.75, 3.05) is 32.8 Å². The predicted octanol–water partition coefficient (Wildman–Crippen LogP) is 1.93. The first-order valence-electron chi connectivity index (χ1n) is 9.56. The minimum Gasteiger partial charge on any atom is -0.450 e. The van der Waals surface area contributed by atoms with E-state index in [1.807, 2.05) is 12.1 Å². The van der Waals surface area contributed by atoms with Crippen molar-refractivity contribution in [3.05, 3.63) is 65.5 Å². The lowest BCUT2D eigenvalue weighted by Gasteiger charge is -2.34. The second kappa shape index (κ2) is 9.68. The van der Waals surface area contributed by atoms with Crippen LogP contribution in [0.1, 0.15) is 33.2 Å². The Morgan fingerprint density at radius 1 is 1.03 bits per heavy atom. The molecule has 1 fully saturated rings. The van der Waals surface area contributed by atoms with Crippen LogP contribution in [0.25, 0.3) is 0 Å². The molecular formula is C21H24N4O4. The first kappa shape index (κ1) is 20.3. The van der Waals surface area contributed by atoms with Crippen LogP contribution in [-0.4, -0.2) is 65.5 Å². The van der Waals surface area contributed by atoms with Gasteiger partial charge in [0.1, 0.15) is 0 Å². The molecule has 1 aliphatic heterocycles. The topological polar surface area (TPSA) is 91.8 Å². The molecule has 1 N–H and O–H groups in total. The number of piperazine rings is 1. The van der Waals surface area contributed by atoms with Crippen molar-refractivity contribution in [2.45, 2.75) is 13.5 Å². The van der Waals surface area contributed by atoms with Gasteiger partial charge in [0, 0.05) is 56.2 Å². The number of benzene rings is 1. The first-order valence-corrected chi connectivity index (χ1v) is 9.56. The molecule has 3 amide bonds. The van der Waals surface area contributed by atoms with E-state index in [1.54, 1.807) is 53.4 Å². The number of amides is 3. The first-order chi connectivity index (χ1) is 14.1. The summed E-state index contributed by atoms with van der Waals surface area (Å²) in [6, 6.07) is 10.3. The van der Waals surface area contributed by atoms with Gasteiger partial charge >= 0.3 is 6.09 Å². The van der Waals surface area contributed by atoms with E-state index in [9.17, 15) is 14.4 Å². The van der Waals surface area contributed by atoms with Crippen molar-refractivity contribution < 1.29 is 19.1 Å². The highest BCUT2D eigenvalue weighted by Gasteiger charge is 2.25. The molecule has 152 valence electrons. The van der Waals surface area contributed by atoms with Gasteiger partial charge in [0.2, 0.25) is 0 Å². The summed E-state index contributed by atoms with van der Waals surface area (Å²) in [5.41, 5.74) is 1.76. The third-order valence-corrected chi connectivity index (χ3v) is 4.64. The molecule has 1 aromatic heterocycles. The zero-order chi connectivity index (χ0) is 20.6. The summed E-state index contributed by atoms with van der Waals surface area (Å²) in [5.74, 6) is -0.411. The van der Waals surface area contributed by atoms with Gasteiger partial charge in [-0.2, -0.15) is 0 Å². The van der Waals surface area contributed by atoms with Crippen LogP contribution in [0.15, 0.2) is 48.8 Å². The Balaban J connectivity index is 1.58. The minimum absolute atomic E-state index is 0.157. The molecule has 0 unspecified atom stereocenters. The van der Waals surface area contributed by atoms with Crippen LogP contribution in [0.4, 0.5) is 4.79 Å². The van der Waals surface area contributed by atoms with Crippen LogP contribution in [0.5, 0.6) is 0 Å². The Hall–Kier alpha value is -3.42. The SMILES string of the molecule is CCOC(=O)N1CCN(C(=O)c2cccc(C(=O)NCc3cccnc3)c2)CC1. The molecule has 0 spiro atoms. The highest BCUT2D eigenvalue weighted by molar-refractivity contribution is 5.99. The van der Waals surface area contributed by atoms with Crippen molar-refractivity contribution in [1.29, 1.82) is 0 Å². The second-order valence-electron chi connectivity index (χ2n) is 6.60. The summed E-state index contributed by atoms with van der Waals surface area (Å²) in [7, 11) is 0. The molecule has 0 saturated carbocycles. The fraction of sp³-hybridized carbons (Fsp3) is 0.333. The van der Waals surface area contributed by atoms with E-state index in [0.717, 1.165) is 5.56 Å². The van der Waals surface area contributed by atoms with E-state index in [1.165, 1.54) is 0 Å². The Kier molecular flexibility index (Phi) is 6.78. The normalized spacial score (nSPS) is 13.7. The van der Waals surface area contributed by atoms with Crippen LogP contribution in [-0.2, 0) is 11.3 Å². The smallest absolute Gasteiger partial charge is 0.409 e. The van der Waals surface area contributed by atoms with Gasteiger partial charge in [-0.3, -0.25) is 14.6 Å². The fourth-order valence-corrected chi connectivity index (χ4v) is 3.07. The molecule has 0 bridgehead atoms. The number of carbonyl (C=O) groups is 3. The summed E-state index contributed by atoms with van der Waals surface area (Å²) in [6.45, 7) is 4.15. The van der Waals surface area contributed by atoms with Crippen molar-refractivity contribution in [1.82, 2.24) is 20.1 Å². The van der Waals surface area contributed by atoms with Crippen LogP contribution in [0.2, 0.25) is 0 Å². The van der Waals surface area contributed by atoms with Gasteiger partial charge in [0.25, 0.3) is 11.8 Å². The van der Waals surface area contributed by atoms with Crippen molar-refractivity contribution in [3.8, 4) is 0 Å². The number of nitrogens with zero attached hydrogens (tertiary/aromatic N) is 3. The van der Waals surface area contributed by atoms with Crippen molar-refractivity contribution in [3.63, 3.8) is 0 Å². The molecule has 8 nitrogen and oxygen atoms in total. The zero-order valence-electron chi connectivity index (χ0n) is 16.3. The minimum atomic E-state index is -0.355. The third-order valence-electron chi connectivity index (χ3n) is 4.64. The quantitative estimate of drug-likeness (QED) is 0.834. The van der Waals surface area contributed by atoms with Gasteiger partial charge in [-0.15, -0.1) is 0 Å². The third kappa shape index (κ3) is 5.31. The zero-order valence-corrected chi connectivity index (χ0v) is 16.3. The van der Waals surface area contributed by atoms with Gasteiger partial charge in [0.15, 0.2) is 0 Å². The monoisotopic (exact) mass is 396 g/mol. The highest BCUT2D eigenvalue weighted by Crippen LogP contribution is 2.12. The number of carbonyl (C=O) groups excluding carboxylic acids is 3. The Morgan fingerprint density at radius 3 is 2.45 bits per heavy atom. The summed E-state index contributed by atoms with van der Waals surface area (Å²) >= 11 is 0. The lowest BCUT2D eigenvalue weighted by Crippen LogP contribution is -2.50. The lowest BCUT2D eigenvalue weighted by molar-refractivity contribution is 0.0570. The molecular weight excluding hydrogens is 372 g/mol. The maximum Gasteiger partial charge on any atom is 0.409 e. The van der Waals surface area contributed by atoms with Gasteiger partial charge < -0.3 is 19.9 Å². The maximum atomic E-state index is 12.8. The van der Waals surface area contributed by atoms with E-state index < -0.39 is 0 Å². The Morgan fingerprint density at radius 2 is 1.76 bits per heavy atom. The molecule has 1 aliphatic rings. The molecule has 1 aromatic carbocycles. The van der Waals surface area contributed by atoms with Gasteiger partial charge in [-0.1, -0.05) is 12.1 Å². The number of hydrogen-bond acceptors (Lipinski definition) is 5. The van der Waals surface area contributed by atoms with Gasteiger partial charge in [0.05, 0.1) is 6.61 Å². The van der Waals surface area contributed by atoms with E-state index in [2.05, 4.69) is 10.3 Å². The second-order valence-corrected chi connectivity index (χ2v) is 6.60. The number of rotatable bonds is 5. The molecule has 3 rings (SSSR count). The van der Waals surface area contributed by atoms with Gasteiger partial charge in [-0.25, -0.2) is 4.79 Å². The lowest BCUT2D eigenvalue weighted by atomic mass is 10.1. The number of pyridine rings is 1. The molecule has 29 heavy (non-hydrogen) atoms. The van der Waals surface area contributed by atoms with Crippen molar-refractivity contribution in [2.24, 2.45) is 0 Å². The highest BCUT2D eigenvalue weighted by atomic mass is 16.6. The Labute approximate surface area is 169 Å². The summed E-state index contributed by atoms with van der Waals surface area (Å²) < 4.78 is 4.99. The molecule has 0 aliphatic carbocycles. The van der Waals surface area contributed by atoms with Crippen LogP contribution < -0.4 is 5.32 Å². The molecule has 8 heteroatoms. The number of aromatic nitrogens is 1. The summed E-state index contributed by atoms with van der Waals surface area (Å²) in [5, 5.41) is 2.83. The van der Waals surface area contributed by atoms with E-state index in [-0.39, 0.29) is 17.9 Å². The summed E-state index contributed by atoms with van der Waals surface area (Å²) in [4.78, 5) is 44.3. The van der Waals surface area contributed by atoms with Crippen LogP contribution >= 0.6 is 0 Å². The van der Waals surface area contributed by atoms with Crippen LogP contribution in [0.3, 0.4) is 0 Å².